The lowest BCUT2D eigenvalue weighted by molar-refractivity contribution is -0.209. The minimum Gasteiger partial charge on any atom is -0.412 e. The van der Waals surface area contributed by atoms with Crippen molar-refractivity contribution < 1.29 is 27.1 Å². The minimum absolute atomic E-state index is 0. The fourth-order valence-electron chi connectivity index (χ4n) is 3.14. The first-order chi connectivity index (χ1) is 11.2. The number of aromatic nitrogens is 2. The van der Waals surface area contributed by atoms with Gasteiger partial charge < -0.3 is 19.8 Å². The van der Waals surface area contributed by atoms with Gasteiger partial charge in [0.05, 0.1) is 6.42 Å². The van der Waals surface area contributed by atoms with Crippen molar-refractivity contribution in [2.24, 2.45) is 7.05 Å². The highest BCUT2D eigenvalue weighted by Crippen LogP contribution is 2.36. The van der Waals surface area contributed by atoms with Gasteiger partial charge in [-0.1, -0.05) is 0 Å². The van der Waals surface area contributed by atoms with Crippen molar-refractivity contribution in [1.29, 1.82) is 0 Å². The third-order valence-corrected chi connectivity index (χ3v) is 5.54. The molecule has 2 N–H and O–H groups in total. The lowest BCUT2D eigenvalue weighted by Gasteiger charge is -2.43. The predicted octanol–water partition coefficient (Wildman–Crippen LogP) is -1.32. The minimum atomic E-state index is -4.11. The molecule has 3 heterocycles. The fourth-order valence-corrected chi connectivity index (χ4v) is 4.08. The summed E-state index contributed by atoms with van der Waals surface area (Å²) >= 11 is 0. The van der Waals surface area contributed by atoms with Crippen LogP contribution in [-0.2, 0) is 37.0 Å². The molecule has 2 saturated heterocycles. The molecule has 11 heteroatoms. The van der Waals surface area contributed by atoms with E-state index in [1.165, 1.54) is 0 Å². The van der Waals surface area contributed by atoms with Crippen molar-refractivity contribution in [2.75, 3.05) is 27.2 Å². The molecule has 0 bridgehead atoms. The van der Waals surface area contributed by atoms with E-state index in [9.17, 15) is 13.2 Å². The van der Waals surface area contributed by atoms with Crippen LogP contribution < -0.4 is 0 Å². The summed E-state index contributed by atoms with van der Waals surface area (Å²) in [6.07, 6.45) is 4.88. The molecule has 0 unspecified atom stereocenters. The summed E-state index contributed by atoms with van der Waals surface area (Å²) < 4.78 is 34.3. The second-order valence-corrected chi connectivity index (χ2v) is 7.60. The first-order valence-electron chi connectivity index (χ1n) is 7.81. The number of aryl methyl sites for hydroxylation is 1. The molecule has 0 spiro atoms. The molecule has 0 atom stereocenters. The van der Waals surface area contributed by atoms with Gasteiger partial charge in [0, 0.05) is 38.6 Å². The Balaban J connectivity index is 0.00000225. The molecule has 2 aliphatic rings. The Labute approximate surface area is 147 Å². The lowest BCUT2D eigenvalue weighted by atomic mass is 10.0. The van der Waals surface area contributed by atoms with Crippen molar-refractivity contribution in [3.63, 3.8) is 0 Å². The third kappa shape index (κ3) is 3.85. The molecular weight excluding hydrogens is 352 g/mol. The fraction of sp³-hybridized carbons (Fsp3) is 0.714. The van der Waals surface area contributed by atoms with Crippen molar-refractivity contribution >= 4 is 16.3 Å². The van der Waals surface area contributed by atoms with Crippen LogP contribution in [0.4, 0.5) is 0 Å². The molecular formula is C14H24N4O6S. The van der Waals surface area contributed by atoms with Gasteiger partial charge in [0.2, 0.25) is 0 Å². The largest absolute Gasteiger partial charge is 0.412 e. The van der Waals surface area contributed by atoms with Crippen molar-refractivity contribution in [3.8, 4) is 0 Å². The Morgan fingerprint density at radius 2 is 1.96 bits per heavy atom. The number of likely N-dealkylation sites (tertiary alicyclic amines) is 1. The van der Waals surface area contributed by atoms with Gasteiger partial charge in [-0.2, -0.15) is 8.42 Å². The topological polar surface area (TPSA) is 125 Å². The van der Waals surface area contributed by atoms with Crippen molar-refractivity contribution in [2.45, 2.75) is 31.1 Å². The zero-order valence-electron chi connectivity index (χ0n) is 14.5. The van der Waals surface area contributed by atoms with Gasteiger partial charge in [-0.15, -0.1) is 0 Å². The monoisotopic (exact) mass is 376 g/mol. The zero-order chi connectivity index (χ0) is 17.5. The van der Waals surface area contributed by atoms with Crippen LogP contribution in [0.1, 0.15) is 18.7 Å². The van der Waals surface area contributed by atoms with Crippen LogP contribution in [0.3, 0.4) is 0 Å². The first kappa shape index (κ1) is 19.8. The maximum atomic E-state index is 12.9. The van der Waals surface area contributed by atoms with Gasteiger partial charge in [0.15, 0.2) is 0 Å². The number of hydrogen-bond acceptors (Lipinski definition) is 7. The quantitative estimate of drug-likeness (QED) is 0.638. The van der Waals surface area contributed by atoms with E-state index in [1.807, 2.05) is 14.1 Å². The van der Waals surface area contributed by atoms with E-state index in [0.717, 1.165) is 12.8 Å². The van der Waals surface area contributed by atoms with Gasteiger partial charge in [-0.25, -0.2) is 13.4 Å². The van der Waals surface area contributed by atoms with Crippen LogP contribution in [-0.4, -0.2) is 78.2 Å². The smallest absolute Gasteiger partial charge is 0.406 e. The molecule has 2 aliphatic heterocycles. The Morgan fingerprint density at radius 3 is 2.40 bits per heavy atom. The lowest BCUT2D eigenvalue weighted by Crippen LogP contribution is -2.63. The summed E-state index contributed by atoms with van der Waals surface area (Å²) in [6, 6.07) is 0.409. The molecule has 1 amide bonds. The van der Waals surface area contributed by atoms with Gasteiger partial charge in [-0.3, -0.25) is 4.79 Å². The van der Waals surface area contributed by atoms with Crippen molar-refractivity contribution in [1.82, 2.24) is 19.4 Å². The SMILES string of the molecule is CN(C)C1CCN(C(=O)C2(Cc3nccn3C)OS(=O)(=O)O2)CC1.O. The van der Waals surface area contributed by atoms with Crippen LogP contribution in [0.2, 0.25) is 0 Å². The Morgan fingerprint density at radius 1 is 1.36 bits per heavy atom. The maximum absolute atomic E-state index is 12.9. The second-order valence-electron chi connectivity index (χ2n) is 6.45. The van der Waals surface area contributed by atoms with E-state index in [-0.39, 0.29) is 11.9 Å². The molecule has 10 nitrogen and oxygen atoms in total. The van der Waals surface area contributed by atoms with E-state index >= 15 is 0 Å². The number of rotatable bonds is 4. The second kappa shape index (κ2) is 7.00. The summed E-state index contributed by atoms with van der Waals surface area (Å²) in [6.45, 7) is 1.08. The molecule has 3 rings (SSSR count). The Kier molecular flexibility index (Phi) is 5.54. The van der Waals surface area contributed by atoms with Crippen LogP contribution in [0.15, 0.2) is 12.4 Å². The Bertz CT molecular complexity index is 711. The van der Waals surface area contributed by atoms with E-state index in [4.69, 9.17) is 8.37 Å². The molecule has 1 aromatic rings. The highest BCUT2D eigenvalue weighted by Gasteiger charge is 2.60. The maximum Gasteiger partial charge on any atom is 0.406 e. The first-order valence-corrected chi connectivity index (χ1v) is 9.14. The van der Waals surface area contributed by atoms with Gasteiger partial charge >= 0.3 is 10.4 Å². The molecule has 0 radical (unpaired) electrons. The van der Waals surface area contributed by atoms with Gasteiger partial charge in [0.1, 0.15) is 5.82 Å². The van der Waals surface area contributed by atoms with Crippen molar-refractivity contribution in [3.05, 3.63) is 18.2 Å². The number of hydrogen-bond donors (Lipinski definition) is 0. The number of carbonyl (C=O) groups excluding carboxylic acids is 1. The van der Waals surface area contributed by atoms with E-state index in [2.05, 4.69) is 9.88 Å². The zero-order valence-corrected chi connectivity index (χ0v) is 15.3. The summed E-state index contributed by atoms with van der Waals surface area (Å²) in [7, 11) is 1.67. The van der Waals surface area contributed by atoms with Crippen LogP contribution in [0.5, 0.6) is 0 Å². The predicted molar refractivity (Wildman–Crippen MR) is 87.6 cm³/mol. The van der Waals surface area contributed by atoms with Crippen LogP contribution >= 0.6 is 0 Å². The molecule has 0 saturated carbocycles. The average molecular weight is 376 g/mol. The average Bonchev–Trinajstić information content (AvgIpc) is 2.89. The number of piperidine rings is 1. The van der Waals surface area contributed by atoms with E-state index < -0.39 is 22.1 Å². The third-order valence-electron chi connectivity index (χ3n) is 4.59. The molecule has 1 aromatic heterocycles. The standard InChI is InChI=1S/C14H22N4O5S.H2O/c1-16(2)11-4-7-18(8-5-11)13(19)14(22-24(20,21)23-14)10-12-15-6-9-17(12)3;/h6,9,11H,4-5,7-8,10H2,1-3H3;1H2. The van der Waals surface area contributed by atoms with E-state index in [1.54, 1.807) is 28.9 Å². The molecule has 0 aromatic carbocycles. The summed E-state index contributed by atoms with van der Waals surface area (Å²) in [5.74, 6) is -1.78. The van der Waals surface area contributed by atoms with Crippen LogP contribution in [0.25, 0.3) is 0 Å². The normalized spacial score (nSPS) is 22.3. The van der Waals surface area contributed by atoms with Gasteiger partial charge in [-0.05, 0) is 26.9 Å². The molecule has 2 fully saturated rings. The highest BCUT2D eigenvalue weighted by atomic mass is 32.3. The van der Waals surface area contributed by atoms with Gasteiger partial charge in [0.25, 0.3) is 11.7 Å². The molecule has 0 aliphatic carbocycles. The number of nitrogens with zero attached hydrogens (tertiary/aromatic N) is 4. The molecule has 25 heavy (non-hydrogen) atoms. The van der Waals surface area contributed by atoms with Crippen LogP contribution in [0, 0.1) is 0 Å². The summed E-state index contributed by atoms with van der Waals surface area (Å²) in [4.78, 5) is 20.7. The highest BCUT2D eigenvalue weighted by molar-refractivity contribution is 7.83. The number of amides is 1. The summed E-state index contributed by atoms with van der Waals surface area (Å²) in [5, 5.41) is 0. The van der Waals surface area contributed by atoms with E-state index in [0.29, 0.717) is 25.0 Å². The molecule has 142 valence electrons. The summed E-state index contributed by atoms with van der Waals surface area (Å²) in [5.41, 5.74) is 0. The number of carbonyl (C=O) groups is 1. The Hall–Kier alpha value is -1.53. The number of imidazole rings is 1.